The third-order valence-electron chi connectivity index (χ3n) is 5.05. The molecule has 0 amide bonds. The quantitative estimate of drug-likeness (QED) is 0.660. The number of rotatable bonds is 4. The largest absolute Gasteiger partial charge is 0.357 e. The van der Waals surface area contributed by atoms with Gasteiger partial charge in [0.1, 0.15) is 5.82 Å². The zero-order chi connectivity index (χ0) is 17.5. The van der Waals surface area contributed by atoms with Gasteiger partial charge in [0.25, 0.3) is 0 Å². The fourth-order valence-corrected chi connectivity index (χ4v) is 4.72. The van der Waals surface area contributed by atoms with E-state index >= 15 is 0 Å². The number of aromatic nitrogens is 1. The lowest BCUT2D eigenvalue weighted by Gasteiger charge is -2.34. The van der Waals surface area contributed by atoms with Gasteiger partial charge in [-0.2, -0.15) is 11.8 Å². The van der Waals surface area contributed by atoms with Crippen LogP contribution in [0.3, 0.4) is 0 Å². The SMILES string of the molecule is CCC1CN(C(=NC)NCc2ccnc(N3CCCCC3)c2)CCS1. The minimum Gasteiger partial charge on any atom is -0.357 e. The van der Waals surface area contributed by atoms with Crippen molar-refractivity contribution in [2.75, 3.05) is 43.9 Å². The first-order valence-electron chi connectivity index (χ1n) is 9.57. The van der Waals surface area contributed by atoms with E-state index < -0.39 is 0 Å². The Hall–Kier alpha value is -1.43. The van der Waals surface area contributed by atoms with Crippen LogP contribution in [0.25, 0.3) is 0 Å². The second-order valence-electron chi connectivity index (χ2n) is 6.82. The minimum absolute atomic E-state index is 0.721. The van der Waals surface area contributed by atoms with Crippen molar-refractivity contribution in [3.63, 3.8) is 0 Å². The summed E-state index contributed by atoms with van der Waals surface area (Å²) in [5.41, 5.74) is 1.27. The minimum atomic E-state index is 0.721. The van der Waals surface area contributed by atoms with Crippen molar-refractivity contribution < 1.29 is 0 Å². The monoisotopic (exact) mass is 361 g/mol. The molecule has 1 N–H and O–H groups in total. The molecule has 2 aliphatic rings. The van der Waals surface area contributed by atoms with Gasteiger partial charge in [-0.05, 0) is 43.4 Å². The number of hydrogen-bond donors (Lipinski definition) is 1. The Morgan fingerprint density at radius 2 is 2.16 bits per heavy atom. The Balaban J connectivity index is 1.58. The Bertz CT molecular complexity index is 571. The van der Waals surface area contributed by atoms with Crippen LogP contribution in [-0.2, 0) is 6.54 Å². The smallest absolute Gasteiger partial charge is 0.193 e. The summed E-state index contributed by atoms with van der Waals surface area (Å²) in [6.07, 6.45) is 7.07. The topological polar surface area (TPSA) is 43.8 Å². The Morgan fingerprint density at radius 3 is 2.92 bits per heavy atom. The molecule has 0 aromatic carbocycles. The van der Waals surface area contributed by atoms with E-state index in [0.717, 1.165) is 49.8 Å². The lowest BCUT2D eigenvalue weighted by molar-refractivity contribution is 0.408. The van der Waals surface area contributed by atoms with Gasteiger partial charge < -0.3 is 15.1 Å². The summed E-state index contributed by atoms with van der Waals surface area (Å²) in [7, 11) is 1.89. The van der Waals surface area contributed by atoms with E-state index in [9.17, 15) is 0 Å². The highest BCUT2D eigenvalue weighted by Gasteiger charge is 2.21. The predicted molar refractivity (Wildman–Crippen MR) is 109 cm³/mol. The molecule has 2 fully saturated rings. The summed E-state index contributed by atoms with van der Waals surface area (Å²) in [6, 6.07) is 4.33. The summed E-state index contributed by atoms with van der Waals surface area (Å²) in [5, 5.41) is 4.27. The highest BCUT2D eigenvalue weighted by atomic mass is 32.2. The van der Waals surface area contributed by atoms with Gasteiger partial charge in [0.15, 0.2) is 5.96 Å². The van der Waals surface area contributed by atoms with E-state index in [1.54, 1.807) is 0 Å². The van der Waals surface area contributed by atoms with E-state index in [1.165, 1.54) is 37.0 Å². The first-order chi connectivity index (χ1) is 12.3. The molecule has 1 aromatic rings. The molecule has 1 aromatic heterocycles. The van der Waals surface area contributed by atoms with Crippen LogP contribution in [0.5, 0.6) is 0 Å². The van der Waals surface area contributed by atoms with Crippen molar-refractivity contribution in [1.82, 2.24) is 15.2 Å². The van der Waals surface area contributed by atoms with Gasteiger partial charge in [-0.1, -0.05) is 6.92 Å². The lowest BCUT2D eigenvalue weighted by atomic mass is 10.1. The first-order valence-corrected chi connectivity index (χ1v) is 10.6. The zero-order valence-corrected chi connectivity index (χ0v) is 16.4. The Morgan fingerprint density at radius 1 is 1.32 bits per heavy atom. The summed E-state index contributed by atoms with van der Waals surface area (Å²) < 4.78 is 0. The van der Waals surface area contributed by atoms with Crippen molar-refractivity contribution in [2.45, 2.75) is 44.4 Å². The van der Waals surface area contributed by atoms with E-state index in [-0.39, 0.29) is 0 Å². The zero-order valence-electron chi connectivity index (χ0n) is 15.6. The molecular weight excluding hydrogens is 330 g/mol. The summed E-state index contributed by atoms with van der Waals surface area (Å²) in [5.74, 6) is 3.33. The Kier molecular flexibility index (Phi) is 6.84. The number of nitrogens with one attached hydrogen (secondary N) is 1. The standard InChI is InChI=1S/C19H31N5S/c1-3-17-15-24(11-12-25-17)19(20-2)22-14-16-7-8-21-18(13-16)23-9-5-4-6-10-23/h7-8,13,17H,3-6,9-12,14-15H2,1-2H3,(H,20,22). The molecule has 0 aliphatic carbocycles. The number of hydrogen-bond acceptors (Lipinski definition) is 4. The molecule has 2 saturated heterocycles. The predicted octanol–water partition coefficient (Wildman–Crippen LogP) is 2.97. The van der Waals surface area contributed by atoms with Gasteiger partial charge in [0.05, 0.1) is 0 Å². The maximum Gasteiger partial charge on any atom is 0.193 e. The van der Waals surface area contributed by atoms with Gasteiger partial charge in [-0.3, -0.25) is 4.99 Å². The maximum absolute atomic E-state index is 4.58. The molecule has 2 aliphatic heterocycles. The highest BCUT2D eigenvalue weighted by Crippen LogP contribution is 2.21. The lowest BCUT2D eigenvalue weighted by Crippen LogP contribution is -2.47. The second kappa shape index (κ2) is 9.32. The van der Waals surface area contributed by atoms with Crippen LogP contribution in [0.15, 0.2) is 23.3 Å². The molecule has 1 atom stereocenters. The number of guanidine groups is 1. The van der Waals surface area contributed by atoms with Crippen LogP contribution in [0, 0.1) is 0 Å². The average Bonchev–Trinajstić information content (AvgIpc) is 2.69. The first kappa shape index (κ1) is 18.4. The number of thioether (sulfide) groups is 1. The van der Waals surface area contributed by atoms with Crippen LogP contribution < -0.4 is 10.2 Å². The second-order valence-corrected chi connectivity index (χ2v) is 8.23. The van der Waals surface area contributed by atoms with Crippen LogP contribution in [0.2, 0.25) is 0 Å². The molecule has 5 nitrogen and oxygen atoms in total. The van der Waals surface area contributed by atoms with Gasteiger partial charge in [-0.25, -0.2) is 4.98 Å². The molecule has 3 rings (SSSR count). The summed E-state index contributed by atoms with van der Waals surface area (Å²) in [4.78, 5) is 13.9. The van der Waals surface area contributed by atoms with Crippen LogP contribution >= 0.6 is 11.8 Å². The molecule has 0 spiro atoms. The van der Waals surface area contributed by atoms with Gasteiger partial charge >= 0.3 is 0 Å². The number of nitrogens with zero attached hydrogens (tertiary/aromatic N) is 4. The van der Waals surface area contributed by atoms with Crippen LogP contribution in [0.4, 0.5) is 5.82 Å². The summed E-state index contributed by atoms with van der Waals surface area (Å²) >= 11 is 2.09. The van der Waals surface area contributed by atoms with Crippen molar-refractivity contribution in [3.05, 3.63) is 23.9 Å². The fourth-order valence-electron chi connectivity index (χ4n) is 3.54. The number of anilines is 1. The highest BCUT2D eigenvalue weighted by molar-refractivity contribution is 8.00. The molecule has 25 heavy (non-hydrogen) atoms. The molecule has 0 saturated carbocycles. The molecule has 3 heterocycles. The average molecular weight is 362 g/mol. The van der Waals surface area contributed by atoms with Gasteiger partial charge in [-0.15, -0.1) is 0 Å². The van der Waals surface area contributed by atoms with Gasteiger partial charge in [0.2, 0.25) is 0 Å². The van der Waals surface area contributed by atoms with Crippen molar-refractivity contribution in [3.8, 4) is 0 Å². The van der Waals surface area contributed by atoms with Crippen molar-refractivity contribution >= 4 is 23.5 Å². The summed E-state index contributed by atoms with van der Waals surface area (Å²) in [6.45, 7) is 7.52. The molecule has 6 heteroatoms. The molecule has 1 unspecified atom stereocenters. The van der Waals surface area contributed by atoms with Crippen molar-refractivity contribution in [1.29, 1.82) is 0 Å². The third-order valence-corrected chi connectivity index (χ3v) is 6.42. The maximum atomic E-state index is 4.58. The third kappa shape index (κ3) is 5.03. The van der Waals surface area contributed by atoms with E-state index in [2.05, 4.69) is 55.9 Å². The Labute approximate surface area is 156 Å². The van der Waals surface area contributed by atoms with Crippen LogP contribution in [0.1, 0.15) is 38.2 Å². The van der Waals surface area contributed by atoms with Crippen LogP contribution in [-0.4, -0.2) is 60.1 Å². The molecule has 0 radical (unpaired) electrons. The molecular formula is C19H31N5S. The van der Waals surface area contributed by atoms with Gasteiger partial charge in [0, 0.05) is 57.0 Å². The van der Waals surface area contributed by atoms with E-state index in [1.807, 2.05) is 13.2 Å². The number of piperidine rings is 1. The molecule has 138 valence electrons. The number of pyridine rings is 1. The van der Waals surface area contributed by atoms with E-state index in [4.69, 9.17) is 0 Å². The fraction of sp³-hybridized carbons (Fsp3) is 0.684. The molecule has 0 bridgehead atoms. The van der Waals surface area contributed by atoms with E-state index in [0.29, 0.717) is 0 Å². The normalized spacial score (nSPS) is 22.2. The van der Waals surface area contributed by atoms with Crippen molar-refractivity contribution in [2.24, 2.45) is 4.99 Å². The number of aliphatic imine (C=N–C) groups is 1.